The Morgan fingerprint density at radius 2 is 2.13 bits per heavy atom. The molecule has 0 atom stereocenters. The van der Waals surface area contributed by atoms with Crippen LogP contribution in [0.2, 0.25) is 0 Å². The lowest BCUT2D eigenvalue weighted by atomic mass is 10.2. The maximum absolute atomic E-state index is 8.98. The van der Waals surface area contributed by atoms with E-state index in [1.54, 1.807) is 0 Å². The summed E-state index contributed by atoms with van der Waals surface area (Å²) in [5, 5.41) is 8.98. The van der Waals surface area contributed by atoms with Gasteiger partial charge in [-0.05, 0) is 24.6 Å². The first kappa shape index (κ1) is 12.3. The maximum atomic E-state index is 8.98. The van der Waals surface area contributed by atoms with Gasteiger partial charge in [0.2, 0.25) is 0 Å². The van der Waals surface area contributed by atoms with Crippen LogP contribution in [0.5, 0.6) is 0 Å². The van der Waals surface area contributed by atoms with Crippen LogP contribution in [0.15, 0.2) is 22.7 Å². The predicted octanol–water partition coefficient (Wildman–Crippen LogP) is 2.24. The molecule has 0 heterocycles. The lowest BCUT2D eigenvalue weighted by Gasteiger charge is -2.24. The second kappa shape index (κ2) is 5.98. The zero-order chi connectivity index (χ0) is 11.3. The minimum atomic E-state index is 0.148. The molecule has 4 heteroatoms. The van der Waals surface area contributed by atoms with Crippen molar-refractivity contribution < 1.29 is 5.11 Å². The molecule has 0 spiro atoms. The van der Waals surface area contributed by atoms with E-state index in [0.717, 1.165) is 28.8 Å². The molecule has 0 fully saturated rings. The van der Waals surface area contributed by atoms with Gasteiger partial charge in [-0.25, -0.2) is 0 Å². The van der Waals surface area contributed by atoms with E-state index in [1.165, 1.54) is 0 Å². The number of nitrogens with zero attached hydrogens (tertiary/aromatic N) is 1. The SMILES string of the molecule is CCCN(CCO)c1ccc(Br)cc1N. The van der Waals surface area contributed by atoms with E-state index in [2.05, 4.69) is 27.8 Å². The van der Waals surface area contributed by atoms with Gasteiger partial charge in [0.05, 0.1) is 18.0 Å². The molecule has 0 aliphatic rings. The molecule has 15 heavy (non-hydrogen) atoms. The number of rotatable bonds is 5. The van der Waals surface area contributed by atoms with Crippen LogP contribution >= 0.6 is 15.9 Å². The van der Waals surface area contributed by atoms with E-state index in [0.29, 0.717) is 6.54 Å². The van der Waals surface area contributed by atoms with Gasteiger partial charge in [0.15, 0.2) is 0 Å². The summed E-state index contributed by atoms with van der Waals surface area (Å²) in [4.78, 5) is 2.10. The Kier molecular flexibility index (Phi) is 4.91. The number of hydrogen-bond acceptors (Lipinski definition) is 3. The molecule has 1 aromatic rings. The molecule has 0 aliphatic carbocycles. The molecule has 0 radical (unpaired) electrons. The monoisotopic (exact) mass is 272 g/mol. The Balaban J connectivity index is 2.89. The van der Waals surface area contributed by atoms with Crippen molar-refractivity contribution in [1.29, 1.82) is 0 Å². The number of halogens is 1. The van der Waals surface area contributed by atoms with Gasteiger partial charge < -0.3 is 15.7 Å². The molecule has 0 aromatic heterocycles. The maximum Gasteiger partial charge on any atom is 0.0606 e. The summed E-state index contributed by atoms with van der Waals surface area (Å²) in [6.45, 7) is 3.79. The Morgan fingerprint density at radius 1 is 1.40 bits per heavy atom. The van der Waals surface area contributed by atoms with Crippen LogP contribution in [-0.4, -0.2) is 24.8 Å². The lowest BCUT2D eigenvalue weighted by molar-refractivity contribution is 0.302. The molecule has 0 aliphatic heterocycles. The first-order chi connectivity index (χ1) is 7.19. The summed E-state index contributed by atoms with van der Waals surface area (Å²) >= 11 is 3.38. The van der Waals surface area contributed by atoms with Gasteiger partial charge in [-0.15, -0.1) is 0 Å². The summed E-state index contributed by atoms with van der Waals surface area (Å²) < 4.78 is 0.976. The number of nitrogen functional groups attached to an aromatic ring is 1. The third-order valence-electron chi connectivity index (χ3n) is 2.19. The van der Waals surface area contributed by atoms with Crippen LogP contribution in [-0.2, 0) is 0 Å². The van der Waals surface area contributed by atoms with Crippen LogP contribution in [0.4, 0.5) is 11.4 Å². The Bertz CT molecular complexity index is 311. The highest BCUT2D eigenvalue weighted by Gasteiger charge is 2.08. The third-order valence-corrected chi connectivity index (χ3v) is 2.69. The summed E-state index contributed by atoms with van der Waals surface area (Å²) in [5.41, 5.74) is 7.67. The Hall–Kier alpha value is -0.740. The highest BCUT2D eigenvalue weighted by Crippen LogP contribution is 2.26. The van der Waals surface area contributed by atoms with E-state index < -0.39 is 0 Å². The van der Waals surface area contributed by atoms with Crippen LogP contribution in [0.25, 0.3) is 0 Å². The molecule has 84 valence electrons. The largest absolute Gasteiger partial charge is 0.397 e. The molecule has 0 bridgehead atoms. The summed E-state index contributed by atoms with van der Waals surface area (Å²) in [6, 6.07) is 5.83. The van der Waals surface area contributed by atoms with Crippen molar-refractivity contribution in [3.05, 3.63) is 22.7 Å². The van der Waals surface area contributed by atoms with E-state index in [4.69, 9.17) is 10.8 Å². The van der Waals surface area contributed by atoms with Crippen molar-refractivity contribution in [3.63, 3.8) is 0 Å². The molecule has 1 rings (SSSR count). The first-order valence-electron chi connectivity index (χ1n) is 5.10. The average molecular weight is 273 g/mol. The van der Waals surface area contributed by atoms with Crippen LogP contribution in [0.1, 0.15) is 13.3 Å². The molecule has 3 N–H and O–H groups in total. The van der Waals surface area contributed by atoms with E-state index in [9.17, 15) is 0 Å². The highest BCUT2D eigenvalue weighted by molar-refractivity contribution is 9.10. The van der Waals surface area contributed by atoms with Crippen LogP contribution in [0, 0.1) is 0 Å². The van der Waals surface area contributed by atoms with Gasteiger partial charge in [0.25, 0.3) is 0 Å². The van der Waals surface area contributed by atoms with Gasteiger partial charge >= 0.3 is 0 Å². The summed E-state index contributed by atoms with van der Waals surface area (Å²) in [6.07, 6.45) is 1.04. The number of benzene rings is 1. The fourth-order valence-electron chi connectivity index (χ4n) is 1.56. The molecule has 1 aromatic carbocycles. The molecule has 0 unspecified atom stereocenters. The van der Waals surface area contributed by atoms with Gasteiger partial charge in [-0.3, -0.25) is 0 Å². The Morgan fingerprint density at radius 3 is 2.67 bits per heavy atom. The van der Waals surface area contributed by atoms with Gasteiger partial charge in [-0.2, -0.15) is 0 Å². The summed E-state index contributed by atoms with van der Waals surface area (Å²) in [7, 11) is 0. The molecule has 3 nitrogen and oxygen atoms in total. The topological polar surface area (TPSA) is 49.5 Å². The fraction of sp³-hybridized carbons (Fsp3) is 0.455. The van der Waals surface area contributed by atoms with Gasteiger partial charge in [-0.1, -0.05) is 22.9 Å². The molecular weight excluding hydrogens is 256 g/mol. The van der Waals surface area contributed by atoms with E-state index in [-0.39, 0.29) is 6.61 Å². The zero-order valence-corrected chi connectivity index (χ0v) is 10.5. The van der Waals surface area contributed by atoms with Gasteiger partial charge in [0.1, 0.15) is 0 Å². The number of aliphatic hydroxyl groups excluding tert-OH is 1. The average Bonchev–Trinajstić information content (AvgIpc) is 2.17. The molecule has 0 saturated carbocycles. The van der Waals surface area contributed by atoms with Gasteiger partial charge in [0, 0.05) is 17.6 Å². The van der Waals surface area contributed by atoms with E-state index in [1.807, 2.05) is 18.2 Å². The minimum Gasteiger partial charge on any atom is -0.397 e. The molecule has 0 amide bonds. The van der Waals surface area contributed by atoms with Crippen LogP contribution < -0.4 is 10.6 Å². The van der Waals surface area contributed by atoms with Crippen molar-refractivity contribution in [3.8, 4) is 0 Å². The normalized spacial score (nSPS) is 10.3. The van der Waals surface area contributed by atoms with Crippen molar-refractivity contribution in [2.24, 2.45) is 0 Å². The van der Waals surface area contributed by atoms with Crippen molar-refractivity contribution >= 4 is 27.3 Å². The number of anilines is 2. The van der Waals surface area contributed by atoms with Crippen molar-refractivity contribution in [2.75, 3.05) is 30.3 Å². The quantitative estimate of drug-likeness (QED) is 0.809. The van der Waals surface area contributed by atoms with E-state index >= 15 is 0 Å². The predicted molar refractivity (Wildman–Crippen MR) is 68.1 cm³/mol. The second-order valence-corrected chi connectivity index (χ2v) is 4.33. The zero-order valence-electron chi connectivity index (χ0n) is 8.91. The summed E-state index contributed by atoms with van der Waals surface area (Å²) in [5.74, 6) is 0. The van der Waals surface area contributed by atoms with Crippen molar-refractivity contribution in [2.45, 2.75) is 13.3 Å². The second-order valence-electron chi connectivity index (χ2n) is 3.41. The minimum absolute atomic E-state index is 0.148. The molecular formula is C11H17BrN2O. The molecule has 0 saturated heterocycles. The number of nitrogens with two attached hydrogens (primary N) is 1. The standard InChI is InChI=1S/C11H17BrN2O/c1-2-5-14(6-7-15)11-4-3-9(12)8-10(11)13/h3-4,8,15H,2,5-7,13H2,1H3. The smallest absolute Gasteiger partial charge is 0.0606 e. The Labute approximate surface area is 99.0 Å². The third kappa shape index (κ3) is 3.39. The van der Waals surface area contributed by atoms with Crippen molar-refractivity contribution in [1.82, 2.24) is 0 Å². The number of aliphatic hydroxyl groups is 1. The van der Waals surface area contributed by atoms with Crippen LogP contribution in [0.3, 0.4) is 0 Å². The lowest BCUT2D eigenvalue weighted by Crippen LogP contribution is -2.28. The number of hydrogen-bond donors (Lipinski definition) is 2. The fourth-order valence-corrected chi connectivity index (χ4v) is 1.94. The first-order valence-corrected chi connectivity index (χ1v) is 5.89. The highest BCUT2D eigenvalue weighted by atomic mass is 79.9.